The molecule has 2 atom stereocenters. The fourth-order valence-electron chi connectivity index (χ4n) is 2.41. The van der Waals surface area contributed by atoms with Crippen LogP contribution in [-0.4, -0.2) is 62.6 Å². The van der Waals surface area contributed by atoms with Crippen molar-refractivity contribution in [2.75, 3.05) is 46.5 Å². The van der Waals surface area contributed by atoms with E-state index in [0.29, 0.717) is 5.92 Å². The highest BCUT2D eigenvalue weighted by molar-refractivity contribution is 4.70. The second-order valence-corrected chi connectivity index (χ2v) is 5.07. The minimum Gasteiger partial charge on any atom is -0.395 e. The van der Waals surface area contributed by atoms with Crippen LogP contribution >= 0.6 is 0 Å². The van der Waals surface area contributed by atoms with Crippen LogP contribution in [-0.2, 0) is 4.74 Å². The summed E-state index contributed by atoms with van der Waals surface area (Å²) in [6.07, 6.45) is 3.50. The average Bonchev–Trinajstić information content (AvgIpc) is 2.35. The van der Waals surface area contributed by atoms with E-state index in [2.05, 4.69) is 24.2 Å². The molecule has 0 radical (unpaired) electrons. The Hall–Kier alpha value is -0.160. The average molecular weight is 244 g/mol. The summed E-state index contributed by atoms with van der Waals surface area (Å²) in [6, 6.07) is 0.241. The molecule has 17 heavy (non-hydrogen) atoms. The summed E-state index contributed by atoms with van der Waals surface area (Å²) in [6.45, 7) is 7.23. The van der Waals surface area contributed by atoms with Gasteiger partial charge in [-0.1, -0.05) is 6.92 Å². The Morgan fingerprint density at radius 1 is 1.53 bits per heavy atom. The number of rotatable bonds is 8. The van der Waals surface area contributed by atoms with E-state index < -0.39 is 0 Å². The van der Waals surface area contributed by atoms with Crippen molar-refractivity contribution in [1.29, 1.82) is 0 Å². The van der Waals surface area contributed by atoms with E-state index in [1.165, 1.54) is 12.8 Å². The normalized spacial score (nSPS) is 22.9. The molecule has 1 heterocycles. The molecule has 0 amide bonds. The van der Waals surface area contributed by atoms with Crippen LogP contribution in [0.5, 0.6) is 0 Å². The molecule has 0 spiro atoms. The third-order valence-electron chi connectivity index (χ3n) is 3.40. The summed E-state index contributed by atoms with van der Waals surface area (Å²) in [5, 5.41) is 12.5. The molecular formula is C13H28N2O2. The number of ether oxygens (including phenoxy) is 1. The van der Waals surface area contributed by atoms with Crippen LogP contribution in [0.15, 0.2) is 0 Å². The molecule has 0 aliphatic carbocycles. The lowest BCUT2D eigenvalue weighted by molar-refractivity contribution is 0.0414. The Morgan fingerprint density at radius 3 is 2.94 bits per heavy atom. The summed E-state index contributed by atoms with van der Waals surface area (Å²) in [5.41, 5.74) is 0. The smallest absolute Gasteiger partial charge is 0.0585 e. The van der Waals surface area contributed by atoms with Gasteiger partial charge in [0.05, 0.1) is 13.2 Å². The van der Waals surface area contributed by atoms with Gasteiger partial charge in [0.25, 0.3) is 0 Å². The zero-order valence-electron chi connectivity index (χ0n) is 11.3. The van der Waals surface area contributed by atoms with E-state index in [0.717, 1.165) is 39.3 Å². The lowest BCUT2D eigenvalue weighted by atomic mass is 10.0. The van der Waals surface area contributed by atoms with Gasteiger partial charge in [0.2, 0.25) is 0 Å². The summed E-state index contributed by atoms with van der Waals surface area (Å²) in [4.78, 5) is 2.36. The van der Waals surface area contributed by atoms with Crippen LogP contribution in [0.25, 0.3) is 0 Å². The number of aliphatic hydroxyl groups excluding tert-OH is 1. The monoisotopic (exact) mass is 244 g/mol. The summed E-state index contributed by atoms with van der Waals surface area (Å²) >= 11 is 0. The Labute approximate surface area is 105 Å². The fraction of sp³-hybridized carbons (Fsp3) is 1.00. The fourth-order valence-corrected chi connectivity index (χ4v) is 2.41. The van der Waals surface area contributed by atoms with Gasteiger partial charge < -0.3 is 20.1 Å². The van der Waals surface area contributed by atoms with Gasteiger partial charge in [-0.05, 0) is 45.3 Å². The first kappa shape index (κ1) is 14.9. The number of likely N-dealkylation sites (N-methyl/N-ethyl adjacent to an activating group) is 1. The molecule has 1 aliphatic rings. The van der Waals surface area contributed by atoms with E-state index >= 15 is 0 Å². The van der Waals surface area contributed by atoms with Crippen molar-refractivity contribution >= 4 is 0 Å². The SMILES string of the molecule is CCNC(CO)CCN(C)CC1CCCOC1. The molecule has 1 aliphatic heterocycles. The Balaban J connectivity index is 2.12. The van der Waals surface area contributed by atoms with Crippen LogP contribution in [0.4, 0.5) is 0 Å². The van der Waals surface area contributed by atoms with Gasteiger partial charge in [-0.2, -0.15) is 0 Å². The second-order valence-electron chi connectivity index (χ2n) is 5.07. The molecule has 0 aromatic heterocycles. The first-order valence-corrected chi connectivity index (χ1v) is 6.86. The molecule has 2 unspecified atom stereocenters. The maximum Gasteiger partial charge on any atom is 0.0585 e. The van der Waals surface area contributed by atoms with Crippen molar-refractivity contribution in [3.05, 3.63) is 0 Å². The van der Waals surface area contributed by atoms with E-state index in [1.54, 1.807) is 0 Å². The molecule has 2 N–H and O–H groups in total. The molecule has 0 aromatic carbocycles. The van der Waals surface area contributed by atoms with E-state index in [-0.39, 0.29) is 12.6 Å². The molecule has 0 bridgehead atoms. The van der Waals surface area contributed by atoms with Crippen molar-refractivity contribution in [2.45, 2.75) is 32.2 Å². The van der Waals surface area contributed by atoms with Crippen LogP contribution in [0.3, 0.4) is 0 Å². The molecule has 1 saturated heterocycles. The van der Waals surface area contributed by atoms with Crippen LogP contribution in [0, 0.1) is 5.92 Å². The van der Waals surface area contributed by atoms with Gasteiger partial charge in [0.15, 0.2) is 0 Å². The number of aliphatic hydroxyl groups is 1. The maximum absolute atomic E-state index is 9.19. The third kappa shape index (κ3) is 6.36. The van der Waals surface area contributed by atoms with Gasteiger partial charge in [0, 0.05) is 19.2 Å². The molecule has 4 nitrogen and oxygen atoms in total. The highest BCUT2D eigenvalue weighted by atomic mass is 16.5. The standard InChI is InChI=1S/C13H28N2O2/c1-3-14-13(10-16)6-7-15(2)9-12-5-4-8-17-11-12/h12-14,16H,3-11H2,1-2H3. The first-order chi connectivity index (χ1) is 8.26. The van der Waals surface area contributed by atoms with Crippen LogP contribution < -0.4 is 5.32 Å². The minimum atomic E-state index is 0.230. The van der Waals surface area contributed by atoms with Crippen molar-refractivity contribution in [2.24, 2.45) is 5.92 Å². The van der Waals surface area contributed by atoms with Crippen LogP contribution in [0.1, 0.15) is 26.2 Å². The van der Waals surface area contributed by atoms with E-state index in [1.807, 2.05) is 0 Å². The maximum atomic E-state index is 9.19. The predicted molar refractivity (Wildman–Crippen MR) is 70.2 cm³/mol. The molecule has 0 saturated carbocycles. The van der Waals surface area contributed by atoms with Crippen molar-refractivity contribution < 1.29 is 9.84 Å². The number of nitrogens with zero attached hydrogens (tertiary/aromatic N) is 1. The topological polar surface area (TPSA) is 44.7 Å². The Kier molecular flexibility index (Phi) is 7.77. The highest BCUT2D eigenvalue weighted by Crippen LogP contribution is 2.14. The van der Waals surface area contributed by atoms with Gasteiger partial charge in [-0.25, -0.2) is 0 Å². The van der Waals surface area contributed by atoms with Crippen molar-refractivity contribution in [3.63, 3.8) is 0 Å². The van der Waals surface area contributed by atoms with Gasteiger partial charge >= 0.3 is 0 Å². The zero-order valence-corrected chi connectivity index (χ0v) is 11.3. The van der Waals surface area contributed by atoms with Gasteiger partial charge in [-0.15, -0.1) is 0 Å². The predicted octanol–water partition coefficient (Wildman–Crippen LogP) is 0.705. The minimum absolute atomic E-state index is 0.230. The van der Waals surface area contributed by atoms with Crippen molar-refractivity contribution in [1.82, 2.24) is 10.2 Å². The zero-order chi connectivity index (χ0) is 12.5. The lowest BCUT2D eigenvalue weighted by Crippen LogP contribution is -2.37. The van der Waals surface area contributed by atoms with Gasteiger partial charge in [-0.3, -0.25) is 0 Å². The molecular weight excluding hydrogens is 216 g/mol. The van der Waals surface area contributed by atoms with Crippen molar-refractivity contribution in [3.8, 4) is 0 Å². The summed E-state index contributed by atoms with van der Waals surface area (Å²) in [5.74, 6) is 0.695. The quantitative estimate of drug-likeness (QED) is 0.660. The largest absolute Gasteiger partial charge is 0.395 e. The lowest BCUT2D eigenvalue weighted by Gasteiger charge is -2.28. The molecule has 0 aromatic rings. The Bertz CT molecular complexity index is 184. The molecule has 1 fully saturated rings. The van der Waals surface area contributed by atoms with E-state index in [4.69, 9.17) is 4.74 Å². The first-order valence-electron chi connectivity index (χ1n) is 6.86. The molecule has 4 heteroatoms. The second kappa shape index (κ2) is 8.86. The van der Waals surface area contributed by atoms with Gasteiger partial charge in [0.1, 0.15) is 0 Å². The van der Waals surface area contributed by atoms with E-state index in [9.17, 15) is 5.11 Å². The third-order valence-corrected chi connectivity index (χ3v) is 3.40. The summed E-state index contributed by atoms with van der Waals surface area (Å²) < 4.78 is 5.49. The highest BCUT2D eigenvalue weighted by Gasteiger charge is 2.16. The summed E-state index contributed by atoms with van der Waals surface area (Å²) in [7, 11) is 2.16. The molecule has 102 valence electrons. The number of nitrogens with one attached hydrogen (secondary N) is 1. The number of hydrogen-bond acceptors (Lipinski definition) is 4. The molecule has 1 rings (SSSR count). The number of hydrogen-bond donors (Lipinski definition) is 2. The Morgan fingerprint density at radius 2 is 2.35 bits per heavy atom. The van der Waals surface area contributed by atoms with Crippen LogP contribution in [0.2, 0.25) is 0 Å².